The lowest BCUT2D eigenvalue weighted by Gasteiger charge is -2.36. The lowest BCUT2D eigenvalue weighted by molar-refractivity contribution is -0.131. The highest BCUT2D eigenvalue weighted by Gasteiger charge is 2.30. The van der Waals surface area contributed by atoms with Gasteiger partial charge in [0.05, 0.1) is 6.54 Å². The Morgan fingerprint density at radius 2 is 2.10 bits per heavy atom. The van der Waals surface area contributed by atoms with Gasteiger partial charge in [0.25, 0.3) is 0 Å². The molecule has 0 unspecified atom stereocenters. The Bertz CT molecular complexity index is 354. The molecule has 1 N–H and O–H groups in total. The number of rotatable bonds is 7. The van der Waals surface area contributed by atoms with Gasteiger partial charge in [-0.2, -0.15) is 0 Å². The van der Waals surface area contributed by atoms with Gasteiger partial charge in [0.15, 0.2) is 0 Å². The number of ether oxygens (including phenoxy) is 1. The lowest BCUT2D eigenvalue weighted by Crippen LogP contribution is -2.47. The van der Waals surface area contributed by atoms with Gasteiger partial charge >= 0.3 is 0 Å². The van der Waals surface area contributed by atoms with Crippen molar-refractivity contribution in [3.8, 4) is 0 Å². The van der Waals surface area contributed by atoms with Crippen molar-refractivity contribution >= 4 is 11.8 Å². The SMILES string of the molecule is COCCCNC(=O)CN1CCC(N2CCCC2=O)CC1. The van der Waals surface area contributed by atoms with Crippen LogP contribution in [0.1, 0.15) is 32.1 Å². The predicted octanol–water partition coefficient (Wildman–Crippen LogP) is 0.226. The Kier molecular flexibility index (Phi) is 6.45. The molecule has 6 heteroatoms. The van der Waals surface area contributed by atoms with Crippen LogP contribution in [0.25, 0.3) is 0 Å². The quantitative estimate of drug-likeness (QED) is 0.683. The highest BCUT2D eigenvalue weighted by atomic mass is 16.5. The number of nitrogens with one attached hydrogen (secondary N) is 1. The normalized spacial score (nSPS) is 21.0. The summed E-state index contributed by atoms with van der Waals surface area (Å²) < 4.78 is 4.95. The predicted molar refractivity (Wildman–Crippen MR) is 79.9 cm³/mol. The van der Waals surface area contributed by atoms with E-state index >= 15 is 0 Å². The molecule has 2 aliphatic heterocycles. The first-order valence-electron chi connectivity index (χ1n) is 7.98. The average Bonchev–Trinajstić information content (AvgIpc) is 2.91. The van der Waals surface area contributed by atoms with Crippen molar-refractivity contribution in [3.05, 3.63) is 0 Å². The number of hydrogen-bond acceptors (Lipinski definition) is 4. The van der Waals surface area contributed by atoms with Crippen molar-refractivity contribution in [1.82, 2.24) is 15.1 Å². The van der Waals surface area contributed by atoms with Crippen molar-refractivity contribution in [2.75, 3.05) is 46.4 Å². The van der Waals surface area contributed by atoms with Crippen LogP contribution in [0.3, 0.4) is 0 Å². The number of hydrogen-bond donors (Lipinski definition) is 1. The number of carbonyl (C=O) groups excluding carboxylic acids is 2. The second-order valence-electron chi connectivity index (χ2n) is 5.89. The summed E-state index contributed by atoms with van der Waals surface area (Å²) in [7, 11) is 1.66. The molecule has 2 fully saturated rings. The molecule has 0 saturated carbocycles. The van der Waals surface area contributed by atoms with Crippen LogP contribution in [-0.2, 0) is 14.3 Å². The highest BCUT2D eigenvalue weighted by Crippen LogP contribution is 2.21. The molecule has 0 atom stereocenters. The van der Waals surface area contributed by atoms with E-state index in [-0.39, 0.29) is 5.91 Å². The molecular weight excluding hydrogens is 270 g/mol. The number of amides is 2. The Morgan fingerprint density at radius 3 is 2.71 bits per heavy atom. The smallest absolute Gasteiger partial charge is 0.234 e. The molecule has 2 heterocycles. The first-order valence-corrected chi connectivity index (χ1v) is 7.98. The maximum absolute atomic E-state index is 11.8. The van der Waals surface area contributed by atoms with E-state index in [1.54, 1.807) is 7.11 Å². The molecule has 2 rings (SSSR count). The summed E-state index contributed by atoms with van der Waals surface area (Å²) >= 11 is 0. The van der Waals surface area contributed by atoms with Gasteiger partial charge in [-0.3, -0.25) is 14.5 Å². The van der Waals surface area contributed by atoms with Gasteiger partial charge in [0.2, 0.25) is 11.8 Å². The molecule has 0 bridgehead atoms. The zero-order valence-corrected chi connectivity index (χ0v) is 13.0. The van der Waals surface area contributed by atoms with Crippen LogP contribution >= 0.6 is 0 Å². The highest BCUT2D eigenvalue weighted by molar-refractivity contribution is 5.78. The van der Waals surface area contributed by atoms with E-state index in [1.807, 2.05) is 4.90 Å². The van der Waals surface area contributed by atoms with Gasteiger partial charge in [0.1, 0.15) is 0 Å². The number of carbonyl (C=O) groups is 2. The fourth-order valence-corrected chi connectivity index (χ4v) is 3.15. The van der Waals surface area contributed by atoms with E-state index in [0.717, 1.165) is 45.3 Å². The third kappa shape index (κ3) is 4.97. The summed E-state index contributed by atoms with van der Waals surface area (Å²) in [5.41, 5.74) is 0. The molecule has 2 amide bonds. The van der Waals surface area contributed by atoms with Crippen LogP contribution in [0, 0.1) is 0 Å². The number of methoxy groups -OCH3 is 1. The van der Waals surface area contributed by atoms with Gasteiger partial charge in [-0.1, -0.05) is 0 Å². The summed E-state index contributed by atoms with van der Waals surface area (Å²) in [6.07, 6.45) is 4.54. The first-order chi connectivity index (χ1) is 10.2. The van der Waals surface area contributed by atoms with E-state index in [9.17, 15) is 9.59 Å². The number of likely N-dealkylation sites (tertiary alicyclic amines) is 2. The third-order valence-electron chi connectivity index (χ3n) is 4.32. The topological polar surface area (TPSA) is 61.9 Å². The molecule has 0 aromatic heterocycles. The van der Waals surface area contributed by atoms with Crippen LogP contribution in [-0.4, -0.2) is 74.1 Å². The Labute approximate surface area is 126 Å². The van der Waals surface area contributed by atoms with Crippen LogP contribution in [0.5, 0.6) is 0 Å². The summed E-state index contributed by atoms with van der Waals surface area (Å²) in [6, 6.07) is 0.390. The van der Waals surface area contributed by atoms with Gasteiger partial charge < -0.3 is 15.0 Å². The second-order valence-corrected chi connectivity index (χ2v) is 5.89. The minimum atomic E-state index is 0.0850. The van der Waals surface area contributed by atoms with Crippen molar-refractivity contribution in [3.63, 3.8) is 0 Å². The standard InChI is InChI=1S/C15H27N3O3/c1-21-11-3-7-16-14(19)12-17-9-5-13(6-10-17)18-8-2-4-15(18)20/h13H,2-12H2,1H3,(H,16,19). The summed E-state index contributed by atoms with van der Waals surface area (Å²) in [6.45, 7) is 4.54. The van der Waals surface area contributed by atoms with E-state index in [4.69, 9.17) is 4.74 Å². The molecule has 0 aliphatic carbocycles. The average molecular weight is 297 g/mol. The maximum atomic E-state index is 11.8. The molecule has 6 nitrogen and oxygen atoms in total. The fourth-order valence-electron chi connectivity index (χ4n) is 3.15. The van der Waals surface area contributed by atoms with Gasteiger partial charge in [0, 0.05) is 52.4 Å². The van der Waals surface area contributed by atoms with Crippen molar-refractivity contribution in [2.45, 2.75) is 38.1 Å². The third-order valence-corrected chi connectivity index (χ3v) is 4.32. The van der Waals surface area contributed by atoms with E-state index in [2.05, 4.69) is 10.2 Å². The second kappa shape index (κ2) is 8.34. The van der Waals surface area contributed by atoms with Crippen LogP contribution < -0.4 is 5.32 Å². The summed E-state index contributed by atoms with van der Waals surface area (Å²) in [5, 5.41) is 2.91. The monoisotopic (exact) mass is 297 g/mol. The molecule has 0 spiro atoms. The van der Waals surface area contributed by atoms with E-state index in [1.165, 1.54) is 0 Å². The van der Waals surface area contributed by atoms with Gasteiger partial charge in [-0.15, -0.1) is 0 Å². The summed E-state index contributed by atoms with van der Waals surface area (Å²) in [5.74, 6) is 0.395. The fraction of sp³-hybridized carbons (Fsp3) is 0.867. The largest absolute Gasteiger partial charge is 0.385 e. The van der Waals surface area contributed by atoms with Gasteiger partial charge in [-0.25, -0.2) is 0 Å². The zero-order valence-electron chi connectivity index (χ0n) is 13.0. The van der Waals surface area contributed by atoms with E-state index < -0.39 is 0 Å². The lowest BCUT2D eigenvalue weighted by atomic mass is 10.0. The molecule has 0 aromatic carbocycles. The van der Waals surface area contributed by atoms with E-state index in [0.29, 0.717) is 38.1 Å². The molecular formula is C15H27N3O3. The zero-order chi connectivity index (χ0) is 15.1. The minimum Gasteiger partial charge on any atom is -0.385 e. The molecule has 21 heavy (non-hydrogen) atoms. The van der Waals surface area contributed by atoms with Crippen molar-refractivity contribution < 1.29 is 14.3 Å². The molecule has 2 aliphatic rings. The van der Waals surface area contributed by atoms with Crippen LogP contribution in [0.15, 0.2) is 0 Å². The first kappa shape index (κ1) is 16.2. The van der Waals surface area contributed by atoms with Crippen LogP contribution in [0.2, 0.25) is 0 Å². The molecule has 0 radical (unpaired) electrons. The van der Waals surface area contributed by atoms with Gasteiger partial charge in [-0.05, 0) is 25.7 Å². The Balaban J connectivity index is 1.62. The molecule has 120 valence electrons. The Morgan fingerprint density at radius 1 is 1.33 bits per heavy atom. The molecule has 0 aromatic rings. The number of piperidine rings is 1. The van der Waals surface area contributed by atoms with Crippen molar-refractivity contribution in [2.24, 2.45) is 0 Å². The van der Waals surface area contributed by atoms with Crippen molar-refractivity contribution in [1.29, 1.82) is 0 Å². The van der Waals surface area contributed by atoms with Crippen LogP contribution in [0.4, 0.5) is 0 Å². The summed E-state index contributed by atoms with van der Waals surface area (Å²) in [4.78, 5) is 27.8. The maximum Gasteiger partial charge on any atom is 0.234 e. The minimum absolute atomic E-state index is 0.0850. The number of nitrogens with zero attached hydrogens (tertiary/aromatic N) is 2. The molecule has 2 saturated heterocycles. The Hall–Kier alpha value is -1.14.